The molecule has 0 amide bonds. The molecule has 0 bridgehead atoms. The van der Waals surface area contributed by atoms with E-state index < -0.39 is 0 Å². The fraction of sp³-hybridized carbons (Fsp3) is 0.267. The average Bonchev–Trinajstić information content (AvgIpc) is 2.41. The number of hydrogen-bond acceptors (Lipinski definition) is 2. The van der Waals surface area contributed by atoms with Gasteiger partial charge < -0.3 is 5.32 Å². The minimum Gasteiger partial charge on any atom is -0.313 e. The van der Waals surface area contributed by atoms with Crippen molar-refractivity contribution in [2.75, 3.05) is 7.05 Å². The number of nitrogens with zero attached hydrogens (tertiary/aromatic N) is 1. The monoisotopic (exact) mass is 260 g/mol. The molecule has 2 aromatic rings. The number of rotatable bonds is 4. The minimum atomic E-state index is 0.210. The first-order valence-electron chi connectivity index (χ1n) is 6.03. The Kier molecular flexibility index (Phi) is 4.34. The predicted molar refractivity (Wildman–Crippen MR) is 75.9 cm³/mol. The Morgan fingerprint density at radius 3 is 2.78 bits per heavy atom. The minimum absolute atomic E-state index is 0.210. The molecule has 3 heteroatoms. The highest BCUT2D eigenvalue weighted by Crippen LogP contribution is 2.27. The second kappa shape index (κ2) is 5.98. The molecule has 0 aliphatic carbocycles. The van der Waals surface area contributed by atoms with E-state index in [4.69, 9.17) is 11.6 Å². The zero-order valence-electron chi connectivity index (χ0n) is 10.7. The fourth-order valence-electron chi connectivity index (χ4n) is 2.06. The number of aromatic nitrogens is 1. The van der Waals surface area contributed by atoms with Gasteiger partial charge in [-0.15, -0.1) is 0 Å². The van der Waals surface area contributed by atoms with Gasteiger partial charge in [0.05, 0.1) is 0 Å². The van der Waals surface area contributed by atoms with Crippen molar-refractivity contribution in [3.8, 4) is 0 Å². The van der Waals surface area contributed by atoms with Crippen LogP contribution in [-0.2, 0) is 6.42 Å². The lowest BCUT2D eigenvalue weighted by Crippen LogP contribution is -2.19. The molecule has 18 heavy (non-hydrogen) atoms. The van der Waals surface area contributed by atoms with Crippen molar-refractivity contribution in [3.63, 3.8) is 0 Å². The lowest BCUT2D eigenvalue weighted by atomic mass is 9.98. The standard InChI is InChI=1S/C15H17ClN2/c1-11-5-3-7-13(15(11)16)14(17-2)9-12-6-4-8-18-10-12/h3-8,10,14,17H,9H2,1-2H3. The SMILES string of the molecule is CNC(Cc1cccnc1)c1cccc(C)c1Cl. The Hall–Kier alpha value is -1.38. The fourth-order valence-corrected chi connectivity index (χ4v) is 2.32. The van der Waals surface area contributed by atoms with Gasteiger partial charge in [0.2, 0.25) is 0 Å². The summed E-state index contributed by atoms with van der Waals surface area (Å²) in [4.78, 5) is 4.14. The number of pyridine rings is 1. The summed E-state index contributed by atoms with van der Waals surface area (Å²) in [6.45, 7) is 2.03. The maximum Gasteiger partial charge on any atom is 0.0483 e. The van der Waals surface area contributed by atoms with E-state index >= 15 is 0 Å². The smallest absolute Gasteiger partial charge is 0.0483 e. The Morgan fingerprint density at radius 1 is 1.28 bits per heavy atom. The zero-order valence-corrected chi connectivity index (χ0v) is 11.4. The van der Waals surface area contributed by atoms with Gasteiger partial charge in [-0.3, -0.25) is 4.98 Å². The second-order valence-corrected chi connectivity index (χ2v) is 4.76. The van der Waals surface area contributed by atoms with Crippen LogP contribution < -0.4 is 5.32 Å². The molecule has 1 heterocycles. The Morgan fingerprint density at radius 2 is 2.11 bits per heavy atom. The Balaban J connectivity index is 2.26. The van der Waals surface area contributed by atoms with E-state index in [0.717, 1.165) is 22.6 Å². The van der Waals surface area contributed by atoms with E-state index in [9.17, 15) is 0 Å². The summed E-state index contributed by atoms with van der Waals surface area (Å²) in [6, 6.07) is 10.4. The molecule has 94 valence electrons. The number of hydrogen-bond donors (Lipinski definition) is 1. The lowest BCUT2D eigenvalue weighted by molar-refractivity contribution is 0.591. The number of benzene rings is 1. The van der Waals surface area contributed by atoms with Crippen LogP contribution in [0.5, 0.6) is 0 Å². The molecule has 2 rings (SSSR count). The average molecular weight is 261 g/mol. The van der Waals surface area contributed by atoms with Crippen molar-refractivity contribution in [1.82, 2.24) is 10.3 Å². The van der Waals surface area contributed by atoms with Crippen molar-refractivity contribution in [3.05, 3.63) is 64.4 Å². The van der Waals surface area contributed by atoms with E-state index in [-0.39, 0.29) is 6.04 Å². The van der Waals surface area contributed by atoms with E-state index in [1.807, 2.05) is 38.4 Å². The quantitative estimate of drug-likeness (QED) is 0.910. The molecule has 1 unspecified atom stereocenters. The van der Waals surface area contributed by atoms with Gasteiger partial charge in [0.25, 0.3) is 0 Å². The number of nitrogens with one attached hydrogen (secondary N) is 1. The maximum absolute atomic E-state index is 6.38. The largest absolute Gasteiger partial charge is 0.313 e. The third-order valence-corrected chi connectivity index (χ3v) is 3.62. The molecule has 0 spiro atoms. The highest BCUT2D eigenvalue weighted by Gasteiger charge is 2.14. The van der Waals surface area contributed by atoms with E-state index in [1.165, 1.54) is 5.56 Å². The van der Waals surface area contributed by atoms with Crippen molar-refractivity contribution < 1.29 is 0 Å². The van der Waals surface area contributed by atoms with E-state index in [1.54, 1.807) is 6.20 Å². The molecule has 2 nitrogen and oxygen atoms in total. The molecule has 0 saturated heterocycles. The van der Waals surface area contributed by atoms with Crippen LogP contribution in [0, 0.1) is 6.92 Å². The second-order valence-electron chi connectivity index (χ2n) is 4.38. The highest BCUT2D eigenvalue weighted by atomic mass is 35.5. The first-order chi connectivity index (χ1) is 8.72. The highest BCUT2D eigenvalue weighted by molar-refractivity contribution is 6.32. The normalized spacial score (nSPS) is 12.4. The summed E-state index contributed by atoms with van der Waals surface area (Å²) in [5.74, 6) is 0. The van der Waals surface area contributed by atoms with Crippen LogP contribution in [0.3, 0.4) is 0 Å². The van der Waals surface area contributed by atoms with Crippen molar-refractivity contribution in [1.29, 1.82) is 0 Å². The number of aryl methyl sites for hydroxylation is 1. The van der Waals surface area contributed by atoms with Crippen LogP contribution in [0.4, 0.5) is 0 Å². The molecule has 0 fully saturated rings. The van der Waals surface area contributed by atoms with E-state index in [0.29, 0.717) is 0 Å². The summed E-state index contributed by atoms with van der Waals surface area (Å²) in [6.07, 6.45) is 4.57. The first-order valence-corrected chi connectivity index (χ1v) is 6.41. The number of likely N-dealkylation sites (N-methyl/N-ethyl adjacent to an activating group) is 1. The third kappa shape index (κ3) is 2.89. The molecule has 1 aromatic carbocycles. The molecule has 1 N–H and O–H groups in total. The topological polar surface area (TPSA) is 24.9 Å². The van der Waals surface area contributed by atoms with Gasteiger partial charge in [-0.25, -0.2) is 0 Å². The van der Waals surface area contributed by atoms with Gasteiger partial charge in [-0.1, -0.05) is 35.9 Å². The van der Waals surface area contributed by atoms with E-state index in [2.05, 4.69) is 22.4 Å². The summed E-state index contributed by atoms with van der Waals surface area (Å²) in [5, 5.41) is 4.17. The van der Waals surface area contributed by atoms with Crippen LogP contribution in [0.25, 0.3) is 0 Å². The molecule has 0 aliphatic heterocycles. The van der Waals surface area contributed by atoms with Crippen LogP contribution in [0.1, 0.15) is 22.7 Å². The van der Waals surface area contributed by atoms with Crippen LogP contribution in [0.2, 0.25) is 5.02 Å². The van der Waals surface area contributed by atoms with Gasteiger partial charge in [-0.05, 0) is 43.1 Å². The summed E-state index contributed by atoms with van der Waals surface area (Å²) < 4.78 is 0. The van der Waals surface area contributed by atoms with Gasteiger partial charge in [0.1, 0.15) is 0 Å². The summed E-state index contributed by atoms with van der Waals surface area (Å²) in [5.41, 5.74) is 3.46. The first kappa shape index (κ1) is 13.1. The van der Waals surface area contributed by atoms with Gasteiger partial charge in [-0.2, -0.15) is 0 Å². The molecular weight excluding hydrogens is 244 g/mol. The number of halogens is 1. The van der Waals surface area contributed by atoms with Gasteiger partial charge >= 0.3 is 0 Å². The summed E-state index contributed by atoms with van der Waals surface area (Å²) in [7, 11) is 1.96. The van der Waals surface area contributed by atoms with Crippen molar-refractivity contribution >= 4 is 11.6 Å². The summed E-state index contributed by atoms with van der Waals surface area (Å²) >= 11 is 6.38. The molecule has 0 aliphatic rings. The van der Waals surface area contributed by atoms with Crippen LogP contribution >= 0.6 is 11.6 Å². The Labute approximate surface area is 113 Å². The van der Waals surface area contributed by atoms with Crippen molar-refractivity contribution in [2.24, 2.45) is 0 Å². The lowest BCUT2D eigenvalue weighted by Gasteiger charge is -2.19. The predicted octanol–water partition coefficient (Wildman–Crippen LogP) is 3.55. The molecule has 1 aromatic heterocycles. The van der Waals surface area contributed by atoms with Crippen LogP contribution in [0.15, 0.2) is 42.7 Å². The molecular formula is C15H17ClN2. The Bertz CT molecular complexity index is 511. The van der Waals surface area contributed by atoms with Crippen molar-refractivity contribution in [2.45, 2.75) is 19.4 Å². The molecule has 1 atom stereocenters. The molecule has 0 radical (unpaired) electrons. The maximum atomic E-state index is 6.38. The van der Waals surface area contributed by atoms with Crippen LogP contribution in [-0.4, -0.2) is 12.0 Å². The third-order valence-electron chi connectivity index (χ3n) is 3.11. The van der Waals surface area contributed by atoms with Gasteiger partial charge in [0.15, 0.2) is 0 Å². The molecule has 0 saturated carbocycles. The van der Waals surface area contributed by atoms with Gasteiger partial charge in [0, 0.05) is 23.5 Å². The zero-order chi connectivity index (χ0) is 13.0.